The van der Waals surface area contributed by atoms with Crippen LogP contribution in [0.15, 0.2) is 12.4 Å². The van der Waals surface area contributed by atoms with Crippen molar-refractivity contribution in [2.75, 3.05) is 11.9 Å². The first kappa shape index (κ1) is 13.4. The van der Waals surface area contributed by atoms with Crippen LogP contribution in [-0.2, 0) is 0 Å². The molecule has 1 atom stereocenters. The normalized spacial score (nSPS) is 12.5. The molecule has 0 radical (unpaired) electrons. The summed E-state index contributed by atoms with van der Waals surface area (Å²) in [5, 5.41) is 8.85. The summed E-state index contributed by atoms with van der Waals surface area (Å²) >= 11 is 0. The molecule has 0 spiro atoms. The predicted octanol–water partition coefficient (Wildman–Crippen LogP) is 2.05. The third-order valence-electron chi connectivity index (χ3n) is 2.68. The molecule has 5 nitrogen and oxygen atoms in total. The van der Waals surface area contributed by atoms with Gasteiger partial charge in [-0.3, -0.25) is 4.98 Å². The molecule has 1 N–H and O–H groups in total. The minimum absolute atomic E-state index is 0.0221. The maximum Gasteiger partial charge on any atom is 0.356 e. The van der Waals surface area contributed by atoms with Crippen molar-refractivity contribution in [1.29, 1.82) is 0 Å². The van der Waals surface area contributed by atoms with Gasteiger partial charge in [-0.25, -0.2) is 9.78 Å². The average Bonchev–Trinajstić information content (AvgIpc) is 2.27. The van der Waals surface area contributed by atoms with Crippen molar-refractivity contribution in [3.63, 3.8) is 0 Å². The van der Waals surface area contributed by atoms with E-state index in [1.54, 1.807) is 6.20 Å². The molecule has 0 aliphatic carbocycles. The van der Waals surface area contributed by atoms with Crippen molar-refractivity contribution in [2.24, 2.45) is 5.92 Å². The van der Waals surface area contributed by atoms with Crippen molar-refractivity contribution >= 4 is 11.8 Å². The lowest BCUT2D eigenvalue weighted by Crippen LogP contribution is -2.31. The van der Waals surface area contributed by atoms with Crippen LogP contribution >= 0.6 is 0 Å². The molecule has 1 heterocycles. The highest BCUT2D eigenvalue weighted by molar-refractivity contribution is 5.85. The summed E-state index contributed by atoms with van der Waals surface area (Å²) in [5.74, 6) is 0.130. The number of aromatic nitrogens is 2. The Morgan fingerprint density at radius 1 is 1.41 bits per heavy atom. The van der Waals surface area contributed by atoms with Crippen molar-refractivity contribution in [3.8, 4) is 0 Å². The van der Waals surface area contributed by atoms with Crippen molar-refractivity contribution in [1.82, 2.24) is 9.97 Å². The molecule has 1 aromatic heterocycles. The number of carboxylic acids is 1. The van der Waals surface area contributed by atoms with Gasteiger partial charge in [0, 0.05) is 13.1 Å². The molecule has 0 aliphatic heterocycles. The number of hydrogen-bond donors (Lipinski definition) is 1. The molecule has 1 rings (SSSR count). The van der Waals surface area contributed by atoms with Gasteiger partial charge in [0.15, 0.2) is 5.69 Å². The third kappa shape index (κ3) is 3.69. The fourth-order valence-corrected chi connectivity index (χ4v) is 1.69. The number of aromatic carboxylic acids is 1. The second-order valence-electron chi connectivity index (χ2n) is 4.66. The van der Waals surface area contributed by atoms with Gasteiger partial charge in [-0.2, -0.15) is 0 Å². The van der Waals surface area contributed by atoms with Gasteiger partial charge in [0.25, 0.3) is 0 Å². The topological polar surface area (TPSA) is 66.3 Å². The fourth-order valence-electron chi connectivity index (χ4n) is 1.69. The summed E-state index contributed by atoms with van der Waals surface area (Å²) < 4.78 is 0. The third-order valence-corrected chi connectivity index (χ3v) is 2.68. The van der Waals surface area contributed by atoms with Crippen LogP contribution in [0.3, 0.4) is 0 Å². The largest absolute Gasteiger partial charge is 0.476 e. The Bertz CT molecular complexity index is 393. The zero-order valence-corrected chi connectivity index (χ0v) is 10.7. The molecule has 0 fully saturated rings. The number of carboxylic acid groups (broad SMARTS) is 1. The van der Waals surface area contributed by atoms with Gasteiger partial charge in [-0.05, 0) is 19.3 Å². The minimum atomic E-state index is -1.05. The Morgan fingerprint density at radius 2 is 2.06 bits per heavy atom. The zero-order valence-electron chi connectivity index (χ0n) is 10.7. The molecule has 94 valence electrons. The summed E-state index contributed by atoms with van der Waals surface area (Å²) in [7, 11) is 1.91. The van der Waals surface area contributed by atoms with E-state index in [4.69, 9.17) is 5.11 Å². The van der Waals surface area contributed by atoms with Gasteiger partial charge >= 0.3 is 5.97 Å². The van der Waals surface area contributed by atoms with Crippen LogP contribution < -0.4 is 4.90 Å². The van der Waals surface area contributed by atoms with Gasteiger partial charge in [0.2, 0.25) is 0 Å². The molecule has 17 heavy (non-hydrogen) atoms. The summed E-state index contributed by atoms with van der Waals surface area (Å²) in [6.07, 6.45) is 3.87. The second-order valence-corrected chi connectivity index (χ2v) is 4.66. The second kappa shape index (κ2) is 5.61. The highest BCUT2D eigenvalue weighted by atomic mass is 16.4. The smallest absolute Gasteiger partial charge is 0.356 e. The van der Waals surface area contributed by atoms with Crippen molar-refractivity contribution < 1.29 is 9.90 Å². The van der Waals surface area contributed by atoms with Crippen LogP contribution in [0.1, 0.15) is 37.7 Å². The maximum absolute atomic E-state index is 10.8. The summed E-state index contributed by atoms with van der Waals surface area (Å²) in [4.78, 5) is 20.7. The number of hydrogen-bond acceptors (Lipinski definition) is 4. The molecule has 1 unspecified atom stereocenters. The van der Waals surface area contributed by atoms with Crippen LogP contribution in [0.2, 0.25) is 0 Å². The first-order chi connectivity index (χ1) is 7.91. The Balaban J connectivity index is 2.84. The quantitative estimate of drug-likeness (QED) is 0.849. The van der Waals surface area contributed by atoms with E-state index in [1.807, 2.05) is 11.9 Å². The van der Waals surface area contributed by atoms with E-state index in [2.05, 4.69) is 30.7 Å². The van der Waals surface area contributed by atoms with E-state index in [9.17, 15) is 4.79 Å². The summed E-state index contributed by atoms with van der Waals surface area (Å²) in [6, 6.07) is 0.299. The van der Waals surface area contributed by atoms with Crippen LogP contribution in [0.5, 0.6) is 0 Å². The van der Waals surface area contributed by atoms with E-state index in [0.717, 1.165) is 6.42 Å². The number of carbonyl (C=O) groups is 1. The van der Waals surface area contributed by atoms with E-state index >= 15 is 0 Å². The molecular weight excluding hydrogens is 218 g/mol. The van der Waals surface area contributed by atoms with Crippen LogP contribution in [-0.4, -0.2) is 34.1 Å². The number of rotatable bonds is 5. The lowest BCUT2D eigenvalue weighted by molar-refractivity contribution is 0.0690. The SMILES string of the molecule is CC(C)CC(C)N(C)c1cncc(C(=O)O)n1. The summed E-state index contributed by atoms with van der Waals surface area (Å²) in [5.41, 5.74) is -0.0221. The van der Waals surface area contributed by atoms with E-state index in [1.165, 1.54) is 6.20 Å². The summed E-state index contributed by atoms with van der Waals surface area (Å²) in [6.45, 7) is 6.41. The highest BCUT2D eigenvalue weighted by Gasteiger charge is 2.15. The van der Waals surface area contributed by atoms with E-state index in [0.29, 0.717) is 17.8 Å². The van der Waals surface area contributed by atoms with Crippen LogP contribution in [0.25, 0.3) is 0 Å². The minimum Gasteiger partial charge on any atom is -0.476 e. The number of anilines is 1. The van der Waals surface area contributed by atoms with Gasteiger partial charge in [-0.15, -0.1) is 0 Å². The van der Waals surface area contributed by atoms with Gasteiger partial charge < -0.3 is 10.0 Å². The maximum atomic E-state index is 10.8. The van der Waals surface area contributed by atoms with Gasteiger partial charge in [0.1, 0.15) is 5.82 Å². The Morgan fingerprint density at radius 3 is 2.59 bits per heavy atom. The zero-order chi connectivity index (χ0) is 13.0. The average molecular weight is 237 g/mol. The molecule has 1 aromatic rings. The molecule has 5 heteroatoms. The molecule has 0 saturated heterocycles. The van der Waals surface area contributed by atoms with Crippen LogP contribution in [0, 0.1) is 5.92 Å². The Labute approximate surface area is 102 Å². The Kier molecular flexibility index (Phi) is 4.43. The standard InChI is InChI=1S/C12H19N3O2/c1-8(2)5-9(3)15(4)11-7-13-6-10(14-11)12(16)17/h6-9H,5H2,1-4H3,(H,16,17). The first-order valence-electron chi connectivity index (χ1n) is 5.70. The van der Waals surface area contributed by atoms with Crippen LogP contribution in [0.4, 0.5) is 5.82 Å². The Hall–Kier alpha value is -1.65. The lowest BCUT2D eigenvalue weighted by atomic mass is 10.0. The molecule has 0 aliphatic rings. The van der Waals surface area contributed by atoms with E-state index in [-0.39, 0.29) is 5.69 Å². The number of nitrogens with zero attached hydrogens (tertiary/aromatic N) is 3. The molecule has 0 saturated carbocycles. The highest BCUT2D eigenvalue weighted by Crippen LogP contribution is 2.16. The van der Waals surface area contributed by atoms with Gasteiger partial charge in [-0.1, -0.05) is 13.8 Å². The van der Waals surface area contributed by atoms with Crippen molar-refractivity contribution in [2.45, 2.75) is 33.2 Å². The fraction of sp³-hybridized carbons (Fsp3) is 0.583. The molecule has 0 aromatic carbocycles. The monoisotopic (exact) mass is 237 g/mol. The molecule has 0 bridgehead atoms. The molecule has 0 amide bonds. The van der Waals surface area contributed by atoms with E-state index < -0.39 is 5.97 Å². The first-order valence-corrected chi connectivity index (χ1v) is 5.70. The molecular formula is C12H19N3O2. The predicted molar refractivity (Wildman–Crippen MR) is 66.3 cm³/mol. The lowest BCUT2D eigenvalue weighted by Gasteiger charge is -2.27. The van der Waals surface area contributed by atoms with Crippen molar-refractivity contribution in [3.05, 3.63) is 18.1 Å². The van der Waals surface area contributed by atoms with Gasteiger partial charge in [0.05, 0.1) is 12.4 Å².